The van der Waals surface area contributed by atoms with Gasteiger partial charge in [0.2, 0.25) is 0 Å². The summed E-state index contributed by atoms with van der Waals surface area (Å²) in [5, 5.41) is 8.15. The second-order valence-corrected chi connectivity index (χ2v) is 11.3. The third kappa shape index (κ3) is 6.07. The van der Waals surface area contributed by atoms with Gasteiger partial charge >= 0.3 is 11.9 Å². The van der Waals surface area contributed by atoms with Gasteiger partial charge in [-0.05, 0) is 61.2 Å². The van der Waals surface area contributed by atoms with E-state index in [-0.39, 0.29) is 37.0 Å². The van der Waals surface area contributed by atoms with Gasteiger partial charge in [0.25, 0.3) is 5.66 Å². The average molecular weight is 435 g/mol. The Balaban J connectivity index is 1.50. The maximum absolute atomic E-state index is 12.9. The number of hydrogen-bond donors (Lipinski definition) is 0. The Hall–Kier alpha value is -1.46. The molecule has 3 rings (SSSR count). The molecule has 6 heteroatoms. The Morgan fingerprint density at radius 2 is 1.16 bits per heavy atom. The summed E-state index contributed by atoms with van der Waals surface area (Å²) in [4.78, 5) is 25.7. The minimum absolute atomic E-state index is 0.0578. The highest BCUT2D eigenvalue weighted by molar-refractivity contribution is 5.74. The smallest absolute Gasteiger partial charge is 0.309 e. The first kappa shape index (κ1) is 24.2. The van der Waals surface area contributed by atoms with E-state index >= 15 is 0 Å². The number of nitrogens with zero attached hydrogens (tertiary/aromatic N) is 2. The monoisotopic (exact) mass is 434 g/mol. The Kier molecular flexibility index (Phi) is 7.80. The van der Waals surface area contributed by atoms with Crippen LogP contribution in [0.3, 0.4) is 0 Å². The van der Waals surface area contributed by atoms with Crippen LogP contribution in [-0.4, -0.2) is 30.8 Å². The molecule has 0 radical (unpaired) electrons. The maximum Gasteiger partial charge on any atom is 0.309 e. The van der Waals surface area contributed by atoms with E-state index in [0.29, 0.717) is 35.5 Å². The molecule has 0 spiro atoms. The van der Waals surface area contributed by atoms with Crippen molar-refractivity contribution < 1.29 is 19.1 Å². The predicted octanol–water partition coefficient (Wildman–Crippen LogP) is 5.65. The molecule has 2 saturated carbocycles. The number of esters is 2. The van der Waals surface area contributed by atoms with Gasteiger partial charge in [-0.3, -0.25) is 9.59 Å². The zero-order chi connectivity index (χ0) is 22.8. The van der Waals surface area contributed by atoms with Gasteiger partial charge in [0.1, 0.15) is 13.2 Å². The number of rotatable bonds is 8. The minimum Gasteiger partial charge on any atom is -0.460 e. The molecule has 176 valence electrons. The molecule has 0 aromatic heterocycles. The molecule has 3 aliphatic rings. The molecule has 0 amide bonds. The van der Waals surface area contributed by atoms with Gasteiger partial charge in [-0.25, -0.2) is 0 Å². The third-order valence-corrected chi connectivity index (χ3v) is 7.92. The molecule has 0 saturated heterocycles. The maximum atomic E-state index is 12.9. The number of ether oxygens (including phenoxy) is 2. The molecule has 0 aromatic carbocycles. The largest absolute Gasteiger partial charge is 0.460 e. The fourth-order valence-corrected chi connectivity index (χ4v) is 5.76. The average Bonchev–Trinajstić information content (AvgIpc) is 3.50. The number of hydrogen-bond acceptors (Lipinski definition) is 6. The van der Waals surface area contributed by atoms with E-state index in [1.807, 2.05) is 0 Å². The number of carbonyl (C=O) groups is 2. The lowest BCUT2D eigenvalue weighted by Crippen LogP contribution is -2.38. The minimum atomic E-state index is -0.882. The molecular weight excluding hydrogens is 392 g/mol. The van der Waals surface area contributed by atoms with Gasteiger partial charge in [0, 0.05) is 0 Å². The Morgan fingerprint density at radius 1 is 0.774 bits per heavy atom. The molecule has 6 nitrogen and oxygen atoms in total. The van der Waals surface area contributed by atoms with E-state index in [1.165, 1.54) is 12.8 Å². The quantitative estimate of drug-likeness (QED) is 0.462. The van der Waals surface area contributed by atoms with Crippen LogP contribution in [0.1, 0.15) is 80.1 Å². The highest BCUT2D eigenvalue weighted by Gasteiger charge is 2.46. The second-order valence-electron chi connectivity index (χ2n) is 11.3. The van der Waals surface area contributed by atoms with E-state index < -0.39 is 5.66 Å². The standard InChI is InChI=1S/C25H42N2O4/c1-15(2)19-9-7-17(5)11-21(19)23(28)30-13-25(26-27-25)14-31-24(29)22-12-18(6)8-10-20(22)16(3)4/h15-22H,7-14H2,1-6H3/t17-,18-,19+,20+,21-,22+/m1/s1. The lowest BCUT2D eigenvalue weighted by atomic mass is 9.70. The van der Waals surface area contributed by atoms with E-state index in [4.69, 9.17) is 9.47 Å². The van der Waals surface area contributed by atoms with Gasteiger partial charge in [0.15, 0.2) is 0 Å². The van der Waals surface area contributed by atoms with Crippen molar-refractivity contribution in [2.24, 2.45) is 57.6 Å². The Bertz CT molecular complexity index is 618. The molecular formula is C25H42N2O4. The lowest BCUT2D eigenvalue weighted by Gasteiger charge is -2.36. The van der Waals surface area contributed by atoms with Crippen LogP contribution in [0.5, 0.6) is 0 Å². The van der Waals surface area contributed by atoms with Crippen molar-refractivity contribution in [3.05, 3.63) is 0 Å². The Labute approximate surface area is 187 Å². The molecule has 0 N–H and O–H groups in total. The second kappa shape index (κ2) is 9.99. The van der Waals surface area contributed by atoms with Crippen LogP contribution in [0.4, 0.5) is 0 Å². The van der Waals surface area contributed by atoms with Crippen LogP contribution in [-0.2, 0) is 19.1 Å². The predicted molar refractivity (Wildman–Crippen MR) is 119 cm³/mol. The highest BCUT2D eigenvalue weighted by Crippen LogP contribution is 2.41. The summed E-state index contributed by atoms with van der Waals surface area (Å²) < 4.78 is 11.3. The zero-order valence-corrected chi connectivity index (χ0v) is 20.3. The fourth-order valence-electron chi connectivity index (χ4n) is 5.76. The normalized spacial score (nSPS) is 34.6. The molecule has 0 aromatic rings. The topological polar surface area (TPSA) is 77.3 Å². The molecule has 31 heavy (non-hydrogen) atoms. The lowest BCUT2D eigenvalue weighted by molar-refractivity contribution is -0.158. The molecule has 1 aliphatic heterocycles. The van der Waals surface area contributed by atoms with Crippen molar-refractivity contribution in [2.45, 2.75) is 85.7 Å². The first-order valence-corrected chi connectivity index (χ1v) is 12.4. The SMILES string of the molecule is CC(C)[C@@H]1CC[C@@H](C)C[C@@H]1C(=O)OCC1(COC(=O)[C@@H]2C[C@H](C)CC[C@H]2C(C)C)N=N1. The first-order valence-electron chi connectivity index (χ1n) is 12.4. The summed E-state index contributed by atoms with van der Waals surface area (Å²) >= 11 is 0. The van der Waals surface area contributed by atoms with Crippen LogP contribution in [0.25, 0.3) is 0 Å². The zero-order valence-electron chi connectivity index (χ0n) is 20.3. The van der Waals surface area contributed by atoms with E-state index in [1.54, 1.807) is 0 Å². The van der Waals surface area contributed by atoms with Crippen molar-refractivity contribution in [1.29, 1.82) is 0 Å². The van der Waals surface area contributed by atoms with Crippen molar-refractivity contribution in [3.8, 4) is 0 Å². The summed E-state index contributed by atoms with van der Waals surface area (Å²) in [5.41, 5.74) is -0.882. The summed E-state index contributed by atoms with van der Waals surface area (Å²) in [5.74, 6) is 2.34. The van der Waals surface area contributed by atoms with Crippen LogP contribution < -0.4 is 0 Å². The van der Waals surface area contributed by atoms with Gasteiger partial charge in [-0.1, -0.05) is 54.4 Å². The first-order chi connectivity index (χ1) is 14.6. The summed E-state index contributed by atoms with van der Waals surface area (Å²) in [6.07, 6.45) is 6.27. The van der Waals surface area contributed by atoms with Crippen molar-refractivity contribution in [1.82, 2.24) is 0 Å². The molecule has 6 atom stereocenters. The summed E-state index contributed by atoms with van der Waals surface area (Å²) in [7, 11) is 0. The van der Waals surface area contributed by atoms with Crippen LogP contribution in [0.15, 0.2) is 10.2 Å². The van der Waals surface area contributed by atoms with E-state index in [9.17, 15) is 9.59 Å². The molecule has 2 aliphatic carbocycles. The van der Waals surface area contributed by atoms with Crippen LogP contribution in [0, 0.1) is 47.3 Å². The highest BCUT2D eigenvalue weighted by atomic mass is 16.6. The molecule has 0 unspecified atom stereocenters. The fraction of sp³-hybridized carbons (Fsp3) is 0.920. The van der Waals surface area contributed by atoms with Gasteiger partial charge < -0.3 is 9.47 Å². The molecule has 2 fully saturated rings. The van der Waals surface area contributed by atoms with Crippen LogP contribution >= 0.6 is 0 Å². The van der Waals surface area contributed by atoms with Crippen LogP contribution in [0.2, 0.25) is 0 Å². The van der Waals surface area contributed by atoms with Gasteiger partial charge in [-0.2, -0.15) is 10.2 Å². The van der Waals surface area contributed by atoms with E-state index in [0.717, 1.165) is 25.7 Å². The van der Waals surface area contributed by atoms with E-state index in [2.05, 4.69) is 51.8 Å². The summed E-state index contributed by atoms with van der Waals surface area (Å²) in [6.45, 7) is 13.3. The summed E-state index contributed by atoms with van der Waals surface area (Å²) in [6, 6.07) is 0. The Morgan fingerprint density at radius 3 is 1.48 bits per heavy atom. The van der Waals surface area contributed by atoms with Gasteiger partial charge in [0.05, 0.1) is 11.8 Å². The third-order valence-electron chi connectivity index (χ3n) is 7.92. The van der Waals surface area contributed by atoms with Crippen molar-refractivity contribution in [3.63, 3.8) is 0 Å². The van der Waals surface area contributed by atoms with Crippen molar-refractivity contribution in [2.75, 3.05) is 13.2 Å². The van der Waals surface area contributed by atoms with Crippen molar-refractivity contribution >= 4 is 11.9 Å². The molecule has 1 heterocycles. The van der Waals surface area contributed by atoms with Gasteiger partial charge in [-0.15, -0.1) is 0 Å². The number of carbonyl (C=O) groups excluding carboxylic acids is 2. The molecule has 0 bridgehead atoms.